The molecule has 118 valence electrons. The smallest absolute Gasteiger partial charge is 0.256 e. The molecule has 2 heterocycles. The molecule has 4 rings (SSSR count). The molecule has 0 amide bonds. The van der Waals surface area contributed by atoms with Gasteiger partial charge in [-0.05, 0) is 24.3 Å². The van der Waals surface area contributed by atoms with Gasteiger partial charge in [-0.2, -0.15) is 13.2 Å². The van der Waals surface area contributed by atoms with Gasteiger partial charge in [-0.15, -0.1) is 0 Å². The molecule has 0 aliphatic carbocycles. The fourth-order valence-electron chi connectivity index (χ4n) is 2.84. The predicted octanol–water partition coefficient (Wildman–Crippen LogP) is 5.47. The minimum atomic E-state index is -4.44. The third-order valence-corrected chi connectivity index (χ3v) is 3.95. The van der Waals surface area contributed by atoms with Crippen LogP contribution in [0, 0.1) is 0 Å². The van der Waals surface area contributed by atoms with Gasteiger partial charge in [-0.1, -0.05) is 36.4 Å². The molecule has 0 atom stereocenters. The van der Waals surface area contributed by atoms with E-state index in [1.165, 1.54) is 12.3 Å². The maximum Gasteiger partial charge on any atom is 0.418 e. The van der Waals surface area contributed by atoms with E-state index < -0.39 is 11.7 Å². The van der Waals surface area contributed by atoms with Gasteiger partial charge in [0.2, 0.25) is 0 Å². The summed E-state index contributed by atoms with van der Waals surface area (Å²) >= 11 is 0. The van der Waals surface area contributed by atoms with Crippen LogP contribution in [0.15, 0.2) is 66.9 Å². The average molecular weight is 324 g/mol. The molecule has 2 nitrogen and oxygen atoms in total. The van der Waals surface area contributed by atoms with Gasteiger partial charge in [0, 0.05) is 22.5 Å². The number of pyridine rings is 2. The Hall–Kier alpha value is -2.95. The van der Waals surface area contributed by atoms with E-state index >= 15 is 0 Å². The topological polar surface area (TPSA) is 25.8 Å². The number of rotatable bonds is 1. The zero-order valence-corrected chi connectivity index (χ0v) is 12.4. The number of para-hydroxylation sites is 2. The lowest BCUT2D eigenvalue weighted by Gasteiger charge is -2.12. The fraction of sp³-hybridized carbons (Fsp3) is 0.0526. The third-order valence-electron chi connectivity index (χ3n) is 3.95. The van der Waals surface area contributed by atoms with Crippen LogP contribution in [-0.2, 0) is 6.18 Å². The van der Waals surface area contributed by atoms with Crippen molar-refractivity contribution in [3.05, 3.63) is 72.4 Å². The molecule has 24 heavy (non-hydrogen) atoms. The second-order valence-electron chi connectivity index (χ2n) is 5.45. The number of hydrogen-bond donors (Lipinski definition) is 0. The molecule has 4 aromatic rings. The summed E-state index contributed by atoms with van der Waals surface area (Å²) in [5.74, 6) is 0. The van der Waals surface area contributed by atoms with Crippen LogP contribution in [-0.4, -0.2) is 9.97 Å². The monoisotopic (exact) mass is 324 g/mol. The lowest BCUT2D eigenvalue weighted by atomic mass is 10.0. The molecular formula is C19H11F3N2. The summed E-state index contributed by atoms with van der Waals surface area (Å²) in [5, 5.41) is 1.42. The first-order chi connectivity index (χ1) is 11.5. The van der Waals surface area contributed by atoms with E-state index in [0.29, 0.717) is 16.6 Å². The normalized spacial score (nSPS) is 12.0. The summed E-state index contributed by atoms with van der Waals surface area (Å²) in [7, 11) is 0. The number of nitrogens with zero attached hydrogens (tertiary/aromatic N) is 2. The number of benzene rings is 2. The number of fused-ring (bicyclic) bond motifs is 2. The van der Waals surface area contributed by atoms with Crippen LogP contribution in [0.5, 0.6) is 0 Å². The van der Waals surface area contributed by atoms with Gasteiger partial charge in [0.05, 0.1) is 22.3 Å². The summed E-state index contributed by atoms with van der Waals surface area (Å²) < 4.78 is 39.6. The minimum absolute atomic E-state index is 0.0579. The number of aromatic nitrogens is 2. The van der Waals surface area contributed by atoms with Gasteiger partial charge >= 0.3 is 6.18 Å². The van der Waals surface area contributed by atoms with Crippen molar-refractivity contribution in [3.63, 3.8) is 0 Å². The van der Waals surface area contributed by atoms with Crippen molar-refractivity contribution in [2.75, 3.05) is 0 Å². The van der Waals surface area contributed by atoms with E-state index in [1.807, 2.05) is 36.4 Å². The highest BCUT2D eigenvalue weighted by Gasteiger charge is 2.33. The number of halogens is 3. The SMILES string of the molecule is FC(F)(F)c1cccc2c(-c3ccc4ccccc4n3)ccnc12. The van der Waals surface area contributed by atoms with E-state index in [-0.39, 0.29) is 5.52 Å². The van der Waals surface area contributed by atoms with E-state index in [9.17, 15) is 13.2 Å². The van der Waals surface area contributed by atoms with Crippen LogP contribution in [0.4, 0.5) is 13.2 Å². The molecule has 0 saturated carbocycles. The zero-order valence-electron chi connectivity index (χ0n) is 12.4. The molecule has 0 radical (unpaired) electrons. The highest BCUT2D eigenvalue weighted by Crippen LogP contribution is 2.36. The number of hydrogen-bond acceptors (Lipinski definition) is 2. The van der Waals surface area contributed by atoms with Crippen molar-refractivity contribution < 1.29 is 13.2 Å². The molecule has 0 fully saturated rings. The van der Waals surface area contributed by atoms with E-state index in [1.54, 1.807) is 12.1 Å². The Labute approximate surface area is 135 Å². The number of alkyl halides is 3. The summed E-state index contributed by atoms with van der Waals surface area (Å²) in [5.41, 5.74) is 1.27. The first-order valence-electron chi connectivity index (χ1n) is 7.35. The van der Waals surface area contributed by atoms with Gasteiger partial charge in [-0.3, -0.25) is 4.98 Å². The first-order valence-corrected chi connectivity index (χ1v) is 7.35. The van der Waals surface area contributed by atoms with Crippen LogP contribution < -0.4 is 0 Å². The van der Waals surface area contributed by atoms with Crippen molar-refractivity contribution >= 4 is 21.8 Å². The maximum absolute atomic E-state index is 13.2. The summed E-state index contributed by atoms with van der Waals surface area (Å²) in [6, 6.07) is 17.1. The molecule has 0 spiro atoms. The zero-order chi connectivity index (χ0) is 16.7. The second kappa shape index (κ2) is 5.30. The Bertz CT molecular complexity index is 1060. The minimum Gasteiger partial charge on any atom is -0.256 e. The molecular weight excluding hydrogens is 313 g/mol. The lowest BCUT2D eigenvalue weighted by Crippen LogP contribution is -2.06. The van der Waals surface area contributed by atoms with E-state index in [2.05, 4.69) is 9.97 Å². The maximum atomic E-state index is 13.2. The highest BCUT2D eigenvalue weighted by atomic mass is 19.4. The quantitative estimate of drug-likeness (QED) is 0.464. The Morgan fingerprint density at radius 2 is 1.62 bits per heavy atom. The lowest BCUT2D eigenvalue weighted by molar-refractivity contribution is -0.136. The molecule has 2 aromatic heterocycles. The van der Waals surface area contributed by atoms with Gasteiger partial charge < -0.3 is 0 Å². The van der Waals surface area contributed by atoms with Crippen molar-refractivity contribution in [3.8, 4) is 11.3 Å². The van der Waals surface area contributed by atoms with Crippen molar-refractivity contribution in [2.24, 2.45) is 0 Å². The highest BCUT2D eigenvalue weighted by molar-refractivity contribution is 5.96. The van der Waals surface area contributed by atoms with Crippen LogP contribution in [0.25, 0.3) is 33.1 Å². The Morgan fingerprint density at radius 3 is 2.46 bits per heavy atom. The molecule has 0 aliphatic heterocycles. The van der Waals surface area contributed by atoms with Gasteiger partial charge in [0.1, 0.15) is 0 Å². The fourth-order valence-corrected chi connectivity index (χ4v) is 2.84. The summed E-state index contributed by atoms with van der Waals surface area (Å²) in [6.07, 6.45) is -3.05. The van der Waals surface area contributed by atoms with Crippen LogP contribution in [0.2, 0.25) is 0 Å². The van der Waals surface area contributed by atoms with Crippen LogP contribution in [0.1, 0.15) is 5.56 Å². The molecule has 0 N–H and O–H groups in total. The largest absolute Gasteiger partial charge is 0.418 e. The van der Waals surface area contributed by atoms with Crippen LogP contribution >= 0.6 is 0 Å². The first kappa shape index (κ1) is 14.6. The van der Waals surface area contributed by atoms with Crippen LogP contribution in [0.3, 0.4) is 0 Å². The summed E-state index contributed by atoms with van der Waals surface area (Å²) in [4.78, 5) is 8.53. The van der Waals surface area contributed by atoms with Gasteiger partial charge in [-0.25, -0.2) is 4.98 Å². The molecule has 5 heteroatoms. The average Bonchev–Trinajstić information content (AvgIpc) is 2.59. The second-order valence-corrected chi connectivity index (χ2v) is 5.45. The Kier molecular flexibility index (Phi) is 3.23. The summed E-state index contributed by atoms with van der Waals surface area (Å²) in [6.45, 7) is 0. The van der Waals surface area contributed by atoms with Crippen molar-refractivity contribution in [2.45, 2.75) is 6.18 Å². The van der Waals surface area contributed by atoms with Crippen molar-refractivity contribution in [1.29, 1.82) is 0 Å². The Balaban J connectivity index is 1.99. The Morgan fingerprint density at radius 1 is 0.792 bits per heavy atom. The molecule has 0 unspecified atom stereocenters. The molecule has 0 bridgehead atoms. The van der Waals surface area contributed by atoms with E-state index in [0.717, 1.165) is 17.0 Å². The molecule has 0 saturated heterocycles. The standard InChI is InChI=1S/C19H11F3N2/c20-19(21,22)15-6-3-5-14-13(10-11-23-18(14)15)17-9-8-12-4-1-2-7-16(12)24-17/h1-11H. The van der Waals surface area contributed by atoms with Crippen molar-refractivity contribution in [1.82, 2.24) is 9.97 Å². The van der Waals surface area contributed by atoms with Gasteiger partial charge in [0.25, 0.3) is 0 Å². The molecule has 2 aromatic carbocycles. The molecule has 0 aliphatic rings. The third kappa shape index (κ3) is 2.38. The van der Waals surface area contributed by atoms with Gasteiger partial charge in [0.15, 0.2) is 0 Å². The predicted molar refractivity (Wildman–Crippen MR) is 87.5 cm³/mol. The van der Waals surface area contributed by atoms with E-state index in [4.69, 9.17) is 0 Å².